The minimum absolute atomic E-state index is 0.113. The molecule has 0 saturated heterocycles. The summed E-state index contributed by atoms with van der Waals surface area (Å²) in [4.78, 5) is 12.7. The Morgan fingerprint density at radius 3 is 2.94 bits per heavy atom. The average molecular weight is 251 g/mol. The highest BCUT2D eigenvalue weighted by Gasteiger charge is 2.21. The van der Waals surface area contributed by atoms with Crippen molar-refractivity contribution in [2.24, 2.45) is 5.92 Å². The molecule has 98 valence electrons. The first-order valence-corrected chi connectivity index (χ1v) is 6.25. The van der Waals surface area contributed by atoms with Crippen LogP contribution in [0, 0.1) is 11.7 Å². The molecular weight excluding hydrogens is 233 g/mol. The number of carbonyl (C=O) groups is 1. The molecule has 4 heteroatoms. The second-order valence-electron chi connectivity index (χ2n) is 4.73. The Morgan fingerprint density at radius 1 is 1.50 bits per heavy atom. The Morgan fingerprint density at radius 2 is 2.28 bits per heavy atom. The molecule has 0 aromatic heterocycles. The van der Waals surface area contributed by atoms with Gasteiger partial charge in [0.1, 0.15) is 5.82 Å². The summed E-state index contributed by atoms with van der Waals surface area (Å²) in [7, 11) is 1.84. The second kappa shape index (κ2) is 5.96. The Kier molecular flexibility index (Phi) is 4.31. The van der Waals surface area contributed by atoms with Crippen LogP contribution in [-0.2, 0) is 4.74 Å². The average Bonchev–Trinajstić information content (AvgIpc) is 3.18. The first kappa shape index (κ1) is 13.0. The van der Waals surface area contributed by atoms with Crippen molar-refractivity contribution in [3.63, 3.8) is 0 Å². The molecule has 0 aliphatic heterocycles. The lowest BCUT2D eigenvalue weighted by molar-refractivity contribution is 0.111. The molecule has 0 radical (unpaired) electrons. The second-order valence-corrected chi connectivity index (χ2v) is 4.73. The standard InChI is InChI=1S/C14H18FNO2/c1-16(7-8-18-10-11-5-6-11)14-4-2-3-13(15)12(14)9-17/h2-4,9,11H,5-8,10H2,1H3. The van der Waals surface area contributed by atoms with E-state index in [0.717, 1.165) is 12.5 Å². The number of halogens is 1. The number of anilines is 1. The monoisotopic (exact) mass is 251 g/mol. The number of nitrogens with zero attached hydrogens (tertiary/aromatic N) is 1. The van der Waals surface area contributed by atoms with Crippen molar-refractivity contribution in [1.82, 2.24) is 0 Å². The minimum Gasteiger partial charge on any atom is -0.379 e. The first-order chi connectivity index (χ1) is 8.72. The van der Waals surface area contributed by atoms with E-state index in [-0.39, 0.29) is 5.56 Å². The SMILES string of the molecule is CN(CCOCC1CC1)c1cccc(F)c1C=O. The fourth-order valence-corrected chi connectivity index (χ4v) is 1.83. The maximum absolute atomic E-state index is 13.4. The molecule has 1 aliphatic carbocycles. The molecule has 1 aromatic carbocycles. The molecule has 1 aliphatic rings. The van der Waals surface area contributed by atoms with Gasteiger partial charge in [0, 0.05) is 20.2 Å². The smallest absolute Gasteiger partial charge is 0.155 e. The van der Waals surface area contributed by atoms with Gasteiger partial charge in [-0.05, 0) is 30.9 Å². The lowest BCUT2D eigenvalue weighted by Gasteiger charge is -2.21. The van der Waals surface area contributed by atoms with Gasteiger partial charge in [-0.15, -0.1) is 0 Å². The molecule has 0 unspecified atom stereocenters. The van der Waals surface area contributed by atoms with Crippen molar-refractivity contribution in [3.05, 3.63) is 29.6 Å². The number of hydrogen-bond donors (Lipinski definition) is 0. The van der Waals surface area contributed by atoms with E-state index < -0.39 is 5.82 Å². The van der Waals surface area contributed by atoms with Gasteiger partial charge in [-0.3, -0.25) is 4.79 Å². The van der Waals surface area contributed by atoms with Gasteiger partial charge in [-0.25, -0.2) is 4.39 Å². The van der Waals surface area contributed by atoms with Gasteiger partial charge in [-0.2, -0.15) is 0 Å². The van der Waals surface area contributed by atoms with E-state index in [9.17, 15) is 9.18 Å². The van der Waals surface area contributed by atoms with Crippen LogP contribution in [0.5, 0.6) is 0 Å². The third-order valence-electron chi connectivity index (χ3n) is 3.18. The number of ether oxygens (including phenoxy) is 1. The highest BCUT2D eigenvalue weighted by Crippen LogP contribution is 2.28. The van der Waals surface area contributed by atoms with Gasteiger partial charge < -0.3 is 9.64 Å². The zero-order valence-electron chi connectivity index (χ0n) is 10.6. The summed E-state index contributed by atoms with van der Waals surface area (Å²) in [6.07, 6.45) is 3.11. The number of aldehydes is 1. The molecule has 2 rings (SSSR count). The molecule has 0 amide bonds. The van der Waals surface area contributed by atoms with Crippen LogP contribution in [0.3, 0.4) is 0 Å². The predicted octanol–water partition coefficient (Wildman–Crippen LogP) is 2.50. The zero-order valence-corrected chi connectivity index (χ0v) is 10.6. The van der Waals surface area contributed by atoms with Crippen molar-refractivity contribution in [2.75, 3.05) is 31.7 Å². The van der Waals surface area contributed by atoms with Crippen LogP contribution in [0.15, 0.2) is 18.2 Å². The van der Waals surface area contributed by atoms with E-state index >= 15 is 0 Å². The summed E-state index contributed by atoms with van der Waals surface area (Å²) in [5.74, 6) is 0.267. The maximum atomic E-state index is 13.4. The quantitative estimate of drug-likeness (QED) is 0.551. The zero-order chi connectivity index (χ0) is 13.0. The van der Waals surface area contributed by atoms with E-state index in [1.165, 1.54) is 18.9 Å². The van der Waals surface area contributed by atoms with Crippen molar-refractivity contribution in [3.8, 4) is 0 Å². The molecular formula is C14H18FNO2. The Labute approximate surface area is 107 Å². The topological polar surface area (TPSA) is 29.5 Å². The predicted molar refractivity (Wildman–Crippen MR) is 68.6 cm³/mol. The summed E-state index contributed by atoms with van der Waals surface area (Å²) in [5, 5.41) is 0. The summed E-state index contributed by atoms with van der Waals surface area (Å²) < 4.78 is 19.0. The summed E-state index contributed by atoms with van der Waals surface area (Å²) in [6.45, 7) is 2.07. The van der Waals surface area contributed by atoms with E-state index in [1.54, 1.807) is 12.1 Å². The Hall–Kier alpha value is -1.42. The van der Waals surface area contributed by atoms with Crippen molar-refractivity contribution in [2.45, 2.75) is 12.8 Å². The number of likely N-dealkylation sites (N-methyl/N-ethyl adjacent to an activating group) is 1. The number of carbonyl (C=O) groups excluding carboxylic acids is 1. The number of benzene rings is 1. The molecule has 0 atom stereocenters. The van der Waals surface area contributed by atoms with Crippen molar-refractivity contribution >= 4 is 12.0 Å². The Bertz CT molecular complexity index is 418. The Balaban J connectivity index is 1.88. The summed E-state index contributed by atoms with van der Waals surface area (Å²) >= 11 is 0. The van der Waals surface area contributed by atoms with Gasteiger partial charge in [0.15, 0.2) is 6.29 Å². The summed E-state index contributed by atoms with van der Waals surface area (Å²) in [6, 6.07) is 4.65. The lowest BCUT2D eigenvalue weighted by atomic mass is 10.1. The molecule has 1 aromatic rings. The fraction of sp³-hybridized carbons (Fsp3) is 0.500. The van der Waals surface area contributed by atoms with Crippen LogP contribution < -0.4 is 4.90 Å². The molecule has 3 nitrogen and oxygen atoms in total. The van der Waals surface area contributed by atoms with E-state index in [1.807, 2.05) is 11.9 Å². The first-order valence-electron chi connectivity index (χ1n) is 6.25. The molecule has 1 saturated carbocycles. The van der Waals surface area contributed by atoms with Gasteiger partial charge in [-0.1, -0.05) is 6.07 Å². The minimum atomic E-state index is -0.478. The van der Waals surface area contributed by atoms with Crippen molar-refractivity contribution < 1.29 is 13.9 Å². The van der Waals surface area contributed by atoms with Gasteiger partial charge >= 0.3 is 0 Å². The number of hydrogen-bond acceptors (Lipinski definition) is 3. The fourth-order valence-electron chi connectivity index (χ4n) is 1.83. The van der Waals surface area contributed by atoms with E-state index in [2.05, 4.69) is 0 Å². The van der Waals surface area contributed by atoms with E-state index in [0.29, 0.717) is 25.1 Å². The largest absolute Gasteiger partial charge is 0.379 e. The van der Waals surface area contributed by atoms with Crippen LogP contribution in [0.2, 0.25) is 0 Å². The molecule has 1 fully saturated rings. The highest BCUT2D eigenvalue weighted by molar-refractivity contribution is 5.84. The van der Waals surface area contributed by atoms with Gasteiger partial charge in [0.2, 0.25) is 0 Å². The van der Waals surface area contributed by atoms with E-state index in [4.69, 9.17) is 4.74 Å². The van der Waals surface area contributed by atoms with Crippen LogP contribution >= 0.6 is 0 Å². The molecule has 0 N–H and O–H groups in total. The van der Waals surface area contributed by atoms with Crippen LogP contribution in [0.25, 0.3) is 0 Å². The third-order valence-corrected chi connectivity index (χ3v) is 3.18. The van der Waals surface area contributed by atoms with Gasteiger partial charge in [0.25, 0.3) is 0 Å². The third kappa shape index (κ3) is 3.29. The molecule has 18 heavy (non-hydrogen) atoms. The molecule has 0 spiro atoms. The van der Waals surface area contributed by atoms with Gasteiger partial charge in [0.05, 0.1) is 17.9 Å². The van der Waals surface area contributed by atoms with Crippen LogP contribution in [0.4, 0.5) is 10.1 Å². The van der Waals surface area contributed by atoms with Crippen LogP contribution in [0.1, 0.15) is 23.2 Å². The summed E-state index contributed by atoms with van der Waals surface area (Å²) in [5.41, 5.74) is 0.724. The number of rotatable bonds is 7. The van der Waals surface area contributed by atoms with Crippen molar-refractivity contribution in [1.29, 1.82) is 0 Å². The molecule has 0 heterocycles. The lowest BCUT2D eigenvalue weighted by Crippen LogP contribution is -2.24. The van der Waals surface area contributed by atoms with Crippen LogP contribution in [-0.4, -0.2) is 33.1 Å². The highest BCUT2D eigenvalue weighted by atomic mass is 19.1. The normalized spacial score (nSPS) is 14.6. The maximum Gasteiger partial charge on any atom is 0.155 e. The molecule has 0 bridgehead atoms.